The summed E-state index contributed by atoms with van der Waals surface area (Å²) < 4.78 is 0. The van der Waals surface area contributed by atoms with Crippen molar-refractivity contribution in [2.24, 2.45) is 0 Å². The molecule has 0 saturated carbocycles. The quantitative estimate of drug-likeness (QED) is 0.211. The maximum atomic E-state index is 3.97. The third kappa shape index (κ3) is 159. The molecule has 0 aliphatic heterocycles. The van der Waals surface area contributed by atoms with Crippen molar-refractivity contribution in [2.75, 3.05) is 78.5 Å². The maximum Gasteiger partial charge on any atom is 0 e. The van der Waals surface area contributed by atoms with Crippen LogP contribution < -0.4 is 0 Å². The SMILES string of the molecule is CC[N-]CC.CC[N-]CC.CC[N-]CC.CC[N-]CC.CC[N-]CC.CC[N-]CC.[W]. The molecule has 6 nitrogen and oxygen atoms in total. The Morgan fingerprint density at radius 2 is 0.290 bits per heavy atom. The fraction of sp³-hybridized carbons (Fsp3) is 1.00. The Balaban J connectivity index is -0.0000000443. The van der Waals surface area contributed by atoms with Gasteiger partial charge in [-0.05, 0) is 0 Å². The molecule has 0 fully saturated rings. The first-order chi connectivity index (χ1) is 14.5. The molecule has 0 atom stereocenters. The van der Waals surface area contributed by atoms with Gasteiger partial charge >= 0.3 is 0 Å². The minimum absolute atomic E-state index is 0. The molecule has 7 heteroatoms. The van der Waals surface area contributed by atoms with Gasteiger partial charge in [-0.3, -0.25) is 0 Å². The van der Waals surface area contributed by atoms with Crippen LogP contribution in [0.1, 0.15) is 83.1 Å². The van der Waals surface area contributed by atoms with E-state index in [-0.39, 0.29) is 21.1 Å². The molecule has 0 spiro atoms. The molecule has 0 radical (unpaired) electrons. The van der Waals surface area contributed by atoms with Crippen molar-refractivity contribution in [1.82, 2.24) is 0 Å². The number of hydrogen-bond donors (Lipinski definition) is 0. The summed E-state index contributed by atoms with van der Waals surface area (Å²) in [6.45, 7) is 36.2. The molecule has 0 bridgehead atoms. The molecular formula is C24H60N6W-6. The van der Waals surface area contributed by atoms with Crippen molar-refractivity contribution in [1.29, 1.82) is 0 Å². The molecule has 0 aromatic carbocycles. The van der Waals surface area contributed by atoms with E-state index in [1.807, 2.05) is 83.1 Å². The first kappa shape index (κ1) is 48.8. The van der Waals surface area contributed by atoms with E-state index in [0.29, 0.717) is 0 Å². The van der Waals surface area contributed by atoms with Crippen LogP contribution >= 0.6 is 0 Å². The molecule has 0 heterocycles. The second kappa shape index (κ2) is 77.6. The van der Waals surface area contributed by atoms with Gasteiger partial charge < -0.3 is 31.9 Å². The van der Waals surface area contributed by atoms with E-state index in [4.69, 9.17) is 0 Å². The number of hydrogen-bond acceptors (Lipinski definition) is 0. The van der Waals surface area contributed by atoms with Gasteiger partial charge in [-0.1, -0.05) is 83.1 Å². The van der Waals surface area contributed by atoms with Crippen LogP contribution in [-0.4, -0.2) is 78.5 Å². The van der Waals surface area contributed by atoms with Gasteiger partial charge in [0.25, 0.3) is 0 Å². The first-order valence-corrected chi connectivity index (χ1v) is 12.3. The molecular weight excluding hydrogens is 556 g/mol. The van der Waals surface area contributed by atoms with E-state index in [9.17, 15) is 0 Å². The Hall–Kier alpha value is 0.448. The minimum atomic E-state index is 0. The third-order valence-electron chi connectivity index (χ3n) is 2.68. The van der Waals surface area contributed by atoms with Crippen LogP contribution in [0.4, 0.5) is 0 Å². The number of rotatable bonds is 12. The van der Waals surface area contributed by atoms with E-state index in [0.717, 1.165) is 78.5 Å². The average Bonchev–Trinajstić information content (AvgIpc) is 2.74. The van der Waals surface area contributed by atoms with Crippen molar-refractivity contribution in [3.05, 3.63) is 31.9 Å². The molecule has 0 N–H and O–H groups in total. The smallest absolute Gasteiger partial charge is 0 e. The Morgan fingerprint density at radius 3 is 0.290 bits per heavy atom. The zero-order valence-electron chi connectivity index (χ0n) is 23.6. The summed E-state index contributed by atoms with van der Waals surface area (Å²) in [4.78, 5) is 0. The molecule has 0 amide bonds. The van der Waals surface area contributed by atoms with Crippen LogP contribution in [0.5, 0.6) is 0 Å². The second-order valence-corrected chi connectivity index (χ2v) is 5.14. The van der Waals surface area contributed by atoms with E-state index in [1.54, 1.807) is 0 Å². The summed E-state index contributed by atoms with van der Waals surface area (Å²) in [6.07, 6.45) is 0. The van der Waals surface area contributed by atoms with Gasteiger partial charge in [0.15, 0.2) is 0 Å². The summed E-state index contributed by atoms with van der Waals surface area (Å²) in [5.74, 6) is 0. The first-order valence-electron chi connectivity index (χ1n) is 12.3. The van der Waals surface area contributed by atoms with Crippen LogP contribution in [0.3, 0.4) is 0 Å². The van der Waals surface area contributed by atoms with Crippen molar-refractivity contribution in [3.8, 4) is 0 Å². The van der Waals surface area contributed by atoms with Gasteiger partial charge in [-0.15, -0.1) is 0 Å². The molecule has 198 valence electrons. The van der Waals surface area contributed by atoms with Crippen molar-refractivity contribution in [3.63, 3.8) is 0 Å². The van der Waals surface area contributed by atoms with Gasteiger partial charge in [0.05, 0.1) is 0 Å². The van der Waals surface area contributed by atoms with Gasteiger partial charge in [0.2, 0.25) is 0 Å². The third-order valence-corrected chi connectivity index (χ3v) is 2.68. The van der Waals surface area contributed by atoms with Gasteiger partial charge in [-0.25, -0.2) is 0 Å². The largest absolute Gasteiger partial charge is 0.663 e. The average molecular weight is 617 g/mol. The zero-order valence-corrected chi connectivity index (χ0v) is 26.5. The Labute approximate surface area is 214 Å². The monoisotopic (exact) mass is 616 g/mol. The summed E-state index contributed by atoms with van der Waals surface area (Å²) in [5, 5.41) is 23.8. The fourth-order valence-electron chi connectivity index (χ4n) is 1.34. The predicted molar refractivity (Wildman–Crippen MR) is 147 cm³/mol. The van der Waals surface area contributed by atoms with Gasteiger partial charge in [-0.2, -0.15) is 78.5 Å². The summed E-state index contributed by atoms with van der Waals surface area (Å²) in [6, 6.07) is 0. The van der Waals surface area contributed by atoms with Crippen molar-refractivity contribution in [2.45, 2.75) is 83.1 Å². The minimum Gasteiger partial charge on any atom is -0.663 e. The normalized spacial score (nSPS) is 8.13. The molecule has 0 aromatic rings. The molecule has 0 saturated heterocycles. The van der Waals surface area contributed by atoms with E-state index >= 15 is 0 Å². The van der Waals surface area contributed by atoms with Gasteiger partial charge in [0.1, 0.15) is 0 Å². The Morgan fingerprint density at radius 1 is 0.226 bits per heavy atom. The molecule has 0 aliphatic carbocycles. The molecule has 31 heavy (non-hydrogen) atoms. The predicted octanol–water partition coefficient (Wildman–Crippen LogP) is 8.40. The maximum absolute atomic E-state index is 3.97. The van der Waals surface area contributed by atoms with Crippen LogP contribution in [-0.2, 0) is 21.1 Å². The molecule has 0 aliphatic rings. The molecule has 0 rings (SSSR count). The van der Waals surface area contributed by atoms with Crippen molar-refractivity contribution < 1.29 is 21.1 Å². The molecule has 0 aromatic heterocycles. The van der Waals surface area contributed by atoms with Crippen LogP contribution in [0.15, 0.2) is 0 Å². The van der Waals surface area contributed by atoms with E-state index < -0.39 is 0 Å². The topological polar surface area (TPSA) is 84.6 Å². The summed E-state index contributed by atoms with van der Waals surface area (Å²) >= 11 is 0. The van der Waals surface area contributed by atoms with E-state index in [2.05, 4.69) is 31.9 Å². The van der Waals surface area contributed by atoms with E-state index in [1.165, 1.54) is 0 Å². The summed E-state index contributed by atoms with van der Waals surface area (Å²) in [7, 11) is 0. The second-order valence-electron chi connectivity index (χ2n) is 5.14. The standard InChI is InChI=1S/6C4H10N.W/c6*1-3-5-4-2;/h6*3-4H2,1-2H3;/q6*-1;. The van der Waals surface area contributed by atoms with Crippen LogP contribution in [0.2, 0.25) is 0 Å². The Kier molecular flexibility index (Phi) is 122. The van der Waals surface area contributed by atoms with Crippen LogP contribution in [0, 0.1) is 0 Å². The Bertz CT molecular complexity index is 120. The zero-order chi connectivity index (χ0) is 24.7. The van der Waals surface area contributed by atoms with Gasteiger partial charge in [0, 0.05) is 21.1 Å². The van der Waals surface area contributed by atoms with Crippen LogP contribution in [0.25, 0.3) is 31.9 Å². The summed E-state index contributed by atoms with van der Waals surface area (Å²) in [5.41, 5.74) is 0. The molecule has 0 unspecified atom stereocenters. The number of nitrogens with zero attached hydrogens (tertiary/aromatic N) is 6. The van der Waals surface area contributed by atoms with Crippen molar-refractivity contribution >= 4 is 0 Å². The fourth-order valence-corrected chi connectivity index (χ4v) is 1.34.